The molecule has 0 spiro atoms. The third kappa shape index (κ3) is 9.82. The molecule has 2 amide bonds. The molecule has 0 unspecified atom stereocenters. The number of anilines is 1. The average Bonchev–Trinajstić information content (AvgIpc) is 3.93. The third-order valence-corrected chi connectivity index (χ3v) is 10.6. The Kier molecular flexibility index (Phi) is 11.8. The van der Waals surface area contributed by atoms with Crippen LogP contribution in [-0.2, 0) is 38.7 Å². The van der Waals surface area contributed by atoms with E-state index in [1.54, 1.807) is 0 Å². The Morgan fingerprint density at radius 1 is 1.02 bits per heavy atom. The number of hydrogen-bond donors (Lipinski definition) is 0. The van der Waals surface area contributed by atoms with Gasteiger partial charge in [-0.25, -0.2) is 8.42 Å². The Morgan fingerprint density at radius 2 is 1.70 bits per heavy atom. The fraction of sp³-hybridized carbons (Fsp3) is 0.306. The van der Waals surface area contributed by atoms with Crippen LogP contribution in [-0.4, -0.2) is 62.1 Å². The van der Waals surface area contributed by atoms with Crippen LogP contribution in [0.25, 0.3) is 0 Å². The number of benzene rings is 2. The fourth-order valence-electron chi connectivity index (χ4n) is 5.82. The van der Waals surface area contributed by atoms with E-state index in [0.717, 1.165) is 60.2 Å². The number of esters is 1. The van der Waals surface area contributed by atoms with Gasteiger partial charge in [0.1, 0.15) is 28.4 Å². The number of fused-ring (bicyclic) bond motifs is 1. The van der Waals surface area contributed by atoms with Crippen molar-refractivity contribution in [3.8, 4) is 11.5 Å². The maximum atomic E-state index is 13.6. The number of hydrogen-bond acceptors (Lipinski definition) is 10. The molecule has 302 valence electrons. The first-order valence-corrected chi connectivity index (χ1v) is 19.4. The molecule has 21 heteroatoms. The number of carbonyl (C=O) groups excluding carboxylic acids is 3. The second-order valence-electron chi connectivity index (χ2n) is 13.1. The highest BCUT2D eigenvalue weighted by molar-refractivity contribution is 7.92. The van der Waals surface area contributed by atoms with E-state index < -0.39 is 65.5 Å². The van der Waals surface area contributed by atoms with Gasteiger partial charge in [0.2, 0.25) is 10.0 Å². The first kappa shape index (κ1) is 41.4. The summed E-state index contributed by atoms with van der Waals surface area (Å²) in [4.78, 5) is 44.4. The molecule has 2 aliphatic rings. The second kappa shape index (κ2) is 16.3. The van der Waals surface area contributed by atoms with Gasteiger partial charge in [0.05, 0.1) is 36.2 Å². The van der Waals surface area contributed by atoms with E-state index in [1.165, 1.54) is 24.3 Å². The Balaban J connectivity index is 1.25. The highest BCUT2D eigenvalue weighted by Gasteiger charge is 2.39. The predicted molar refractivity (Wildman–Crippen MR) is 191 cm³/mol. The monoisotopic (exact) mass is 858 g/mol. The summed E-state index contributed by atoms with van der Waals surface area (Å²) in [7, 11) is -4.12. The smallest absolute Gasteiger partial charge is 0.433 e. The average molecular weight is 860 g/mol. The number of alkyl halides is 5. The molecule has 13 nitrogen and oxygen atoms in total. The maximum Gasteiger partial charge on any atom is 0.433 e. The molecule has 0 N–H and O–H groups in total. The van der Waals surface area contributed by atoms with E-state index in [1.807, 2.05) is 0 Å². The van der Waals surface area contributed by atoms with Gasteiger partial charge < -0.3 is 19.4 Å². The lowest BCUT2D eigenvalue weighted by molar-refractivity contribution is -0.605. The molecule has 2 aromatic carbocycles. The van der Waals surface area contributed by atoms with Crippen molar-refractivity contribution in [1.82, 2.24) is 9.88 Å². The van der Waals surface area contributed by atoms with Gasteiger partial charge >= 0.3 is 18.8 Å². The van der Waals surface area contributed by atoms with Crippen molar-refractivity contribution < 1.29 is 63.7 Å². The van der Waals surface area contributed by atoms with Gasteiger partial charge in [-0.2, -0.15) is 26.7 Å². The van der Waals surface area contributed by atoms with Crippen molar-refractivity contribution >= 4 is 56.7 Å². The molecule has 1 aliphatic heterocycles. The van der Waals surface area contributed by atoms with Crippen molar-refractivity contribution in [3.05, 3.63) is 116 Å². The minimum atomic E-state index is -4.72. The van der Waals surface area contributed by atoms with Crippen LogP contribution < -0.4 is 18.5 Å². The Labute approximate surface area is 331 Å². The standard InChI is InChI=1S/C36H29Cl2F5N4O9S/c1-57(52,53)47(14-20-4-9-31(44-13-20)36(41,42)43)22-6-7-23-24(11-22)34(50)46(33(23)49)17-32(48)55-29(12-25-26(37)15-45(51)16-27(25)38)21-5-8-28(56-35(39)40)30(10-21)54-18-19-2-3-19/h4-11,13,15-16,19,29,35H,2-3,12,14,17-18H2,1H3/t29-/m0/s1. The summed E-state index contributed by atoms with van der Waals surface area (Å²) in [5.41, 5.74) is -1.34. The molecule has 2 aromatic heterocycles. The number of amides is 2. The minimum absolute atomic E-state index is 0.0818. The van der Waals surface area contributed by atoms with Crippen molar-refractivity contribution in [2.75, 3.05) is 23.7 Å². The molecule has 1 fully saturated rings. The number of carbonyl (C=O) groups is 3. The number of sulfonamides is 1. The second-order valence-corrected chi connectivity index (χ2v) is 15.8. The summed E-state index contributed by atoms with van der Waals surface area (Å²) >= 11 is 12.6. The number of ether oxygens (including phenoxy) is 3. The maximum absolute atomic E-state index is 13.6. The number of aromatic nitrogens is 2. The normalized spacial score (nSPS) is 14.8. The van der Waals surface area contributed by atoms with Gasteiger partial charge in [-0.3, -0.25) is 28.6 Å². The Hall–Kier alpha value is -5.27. The summed E-state index contributed by atoms with van der Waals surface area (Å²) < 4.78 is 108. The molecule has 6 rings (SSSR count). The molecule has 1 aliphatic carbocycles. The number of pyridine rings is 2. The van der Waals surface area contributed by atoms with E-state index >= 15 is 0 Å². The lowest BCUT2D eigenvalue weighted by Gasteiger charge is -2.23. The van der Waals surface area contributed by atoms with E-state index in [0.29, 0.717) is 15.7 Å². The third-order valence-electron chi connectivity index (χ3n) is 8.82. The number of nitrogens with zero attached hydrogens (tertiary/aromatic N) is 4. The van der Waals surface area contributed by atoms with Crippen LogP contribution in [0.1, 0.15) is 62.0 Å². The molecular formula is C36H29Cl2F5N4O9S. The summed E-state index contributed by atoms with van der Waals surface area (Å²) in [6.45, 7) is -4.41. The molecule has 0 saturated heterocycles. The van der Waals surface area contributed by atoms with Crippen molar-refractivity contribution in [1.29, 1.82) is 0 Å². The lowest BCUT2D eigenvalue weighted by Crippen LogP contribution is -2.36. The van der Waals surface area contributed by atoms with Gasteiger partial charge in [0.25, 0.3) is 11.8 Å². The van der Waals surface area contributed by atoms with Crippen LogP contribution >= 0.6 is 23.2 Å². The molecule has 4 aromatic rings. The largest absolute Gasteiger partial charge is 0.619 e. The van der Waals surface area contributed by atoms with E-state index in [4.69, 9.17) is 32.7 Å². The van der Waals surface area contributed by atoms with Crippen molar-refractivity contribution in [2.45, 2.75) is 44.7 Å². The summed E-state index contributed by atoms with van der Waals surface area (Å²) in [5.74, 6) is -3.21. The minimum Gasteiger partial charge on any atom is -0.619 e. The summed E-state index contributed by atoms with van der Waals surface area (Å²) in [6, 6.07) is 9.01. The van der Waals surface area contributed by atoms with Gasteiger partial charge in [0.15, 0.2) is 23.9 Å². The Bertz CT molecular complexity index is 2310. The van der Waals surface area contributed by atoms with Crippen LogP contribution in [0.3, 0.4) is 0 Å². The van der Waals surface area contributed by atoms with E-state index in [9.17, 15) is 50.0 Å². The van der Waals surface area contributed by atoms with Gasteiger partial charge in [0, 0.05) is 18.2 Å². The highest BCUT2D eigenvalue weighted by atomic mass is 35.5. The first-order chi connectivity index (χ1) is 26.8. The van der Waals surface area contributed by atoms with Crippen LogP contribution in [0.5, 0.6) is 11.5 Å². The molecule has 1 saturated carbocycles. The SMILES string of the molecule is CS(=O)(=O)N(Cc1ccc(C(F)(F)F)nc1)c1ccc2c(c1)C(=O)N(CC(=O)O[C@@H](Cc1c(Cl)c[n+]([O-])cc1Cl)c1ccc(OC(F)F)c(OCC3CC3)c1)C2=O. The van der Waals surface area contributed by atoms with Gasteiger partial charge in [-0.1, -0.05) is 35.3 Å². The van der Waals surface area contributed by atoms with Crippen LogP contribution in [0.2, 0.25) is 10.0 Å². The zero-order valence-electron chi connectivity index (χ0n) is 29.3. The van der Waals surface area contributed by atoms with Crippen LogP contribution in [0.15, 0.2) is 67.1 Å². The number of imide groups is 1. The summed E-state index contributed by atoms with van der Waals surface area (Å²) in [5, 5.41) is 11.7. The molecular weight excluding hydrogens is 830 g/mol. The molecule has 0 bridgehead atoms. The topological polar surface area (TPSA) is 159 Å². The van der Waals surface area contributed by atoms with Gasteiger partial charge in [-0.15, -0.1) is 0 Å². The number of halogens is 7. The lowest BCUT2D eigenvalue weighted by atomic mass is 10.0. The fourth-order valence-corrected chi connectivity index (χ4v) is 7.29. The number of rotatable bonds is 15. The quantitative estimate of drug-likeness (QED) is 0.0424. The molecule has 57 heavy (non-hydrogen) atoms. The first-order valence-electron chi connectivity index (χ1n) is 16.8. The zero-order chi connectivity index (χ0) is 41.4. The molecule has 0 radical (unpaired) electrons. The van der Waals surface area contributed by atoms with Crippen LogP contribution in [0.4, 0.5) is 27.6 Å². The van der Waals surface area contributed by atoms with Crippen LogP contribution in [0, 0.1) is 11.1 Å². The highest BCUT2D eigenvalue weighted by Crippen LogP contribution is 2.38. The van der Waals surface area contributed by atoms with Gasteiger partial charge in [-0.05, 0) is 66.3 Å². The summed E-state index contributed by atoms with van der Waals surface area (Å²) in [6.07, 6.45) is -0.855. The van der Waals surface area contributed by atoms with E-state index in [-0.39, 0.29) is 74.0 Å². The zero-order valence-corrected chi connectivity index (χ0v) is 31.7. The molecule has 1 atom stereocenters. The molecule has 3 heterocycles. The van der Waals surface area contributed by atoms with E-state index in [2.05, 4.69) is 9.72 Å². The predicted octanol–water partition coefficient (Wildman–Crippen LogP) is 6.52. The van der Waals surface area contributed by atoms with Crippen molar-refractivity contribution in [2.24, 2.45) is 5.92 Å². The van der Waals surface area contributed by atoms with Crippen molar-refractivity contribution in [3.63, 3.8) is 0 Å². The Morgan fingerprint density at radius 3 is 2.30 bits per heavy atom.